The van der Waals surface area contributed by atoms with Crippen LogP contribution in [0.5, 0.6) is 0 Å². The standard InChI is InChI=1S/C14H19NO5S/c1-14(7-2-8-20-14)10-15-21(18,19)9-11-3-5-12(6-4-11)13(16)17/h3-6,15H,2,7-10H2,1H3,(H,16,17). The molecule has 1 atom stereocenters. The van der Waals surface area contributed by atoms with Crippen molar-refractivity contribution in [1.82, 2.24) is 4.72 Å². The minimum absolute atomic E-state index is 0.135. The molecule has 1 aliphatic heterocycles. The zero-order valence-electron chi connectivity index (χ0n) is 11.8. The SMILES string of the molecule is CC1(CNS(=O)(=O)Cc2ccc(C(=O)O)cc2)CCCO1. The van der Waals surface area contributed by atoms with Crippen molar-refractivity contribution in [2.45, 2.75) is 31.1 Å². The van der Waals surface area contributed by atoms with Gasteiger partial charge in [0.1, 0.15) is 0 Å². The average molecular weight is 313 g/mol. The Labute approximate surface area is 124 Å². The van der Waals surface area contributed by atoms with E-state index in [0.717, 1.165) is 12.8 Å². The second-order valence-corrected chi connectivity index (χ2v) is 7.29. The first-order chi connectivity index (χ1) is 9.80. The molecule has 6 nitrogen and oxygen atoms in total. The van der Waals surface area contributed by atoms with E-state index in [1.54, 1.807) is 0 Å². The van der Waals surface area contributed by atoms with Gasteiger partial charge < -0.3 is 9.84 Å². The molecular weight excluding hydrogens is 294 g/mol. The van der Waals surface area contributed by atoms with Gasteiger partial charge in [0.15, 0.2) is 0 Å². The molecule has 0 spiro atoms. The van der Waals surface area contributed by atoms with Gasteiger partial charge in [-0.2, -0.15) is 0 Å². The summed E-state index contributed by atoms with van der Waals surface area (Å²) >= 11 is 0. The van der Waals surface area contributed by atoms with E-state index in [0.29, 0.717) is 12.2 Å². The van der Waals surface area contributed by atoms with E-state index < -0.39 is 21.6 Å². The third-order valence-electron chi connectivity index (χ3n) is 3.52. The number of carboxylic acids is 1. The molecule has 1 heterocycles. The molecule has 1 unspecified atom stereocenters. The number of sulfonamides is 1. The molecule has 0 aliphatic carbocycles. The van der Waals surface area contributed by atoms with Crippen molar-refractivity contribution in [2.75, 3.05) is 13.2 Å². The minimum Gasteiger partial charge on any atom is -0.478 e. The molecule has 2 rings (SSSR count). The first-order valence-corrected chi connectivity index (χ1v) is 8.38. The van der Waals surface area contributed by atoms with E-state index >= 15 is 0 Å². The van der Waals surface area contributed by atoms with Crippen LogP contribution in [0.25, 0.3) is 0 Å². The van der Waals surface area contributed by atoms with Crippen molar-refractivity contribution >= 4 is 16.0 Å². The lowest BCUT2D eigenvalue weighted by Gasteiger charge is -2.23. The fourth-order valence-corrected chi connectivity index (χ4v) is 3.51. The highest BCUT2D eigenvalue weighted by Crippen LogP contribution is 2.24. The van der Waals surface area contributed by atoms with Gasteiger partial charge in [-0.25, -0.2) is 17.9 Å². The molecule has 0 bridgehead atoms. The summed E-state index contributed by atoms with van der Waals surface area (Å²) < 4.78 is 32.2. The Hall–Kier alpha value is -1.44. The number of aromatic carboxylic acids is 1. The molecule has 0 radical (unpaired) electrons. The number of nitrogens with one attached hydrogen (secondary N) is 1. The summed E-state index contributed by atoms with van der Waals surface area (Å²) in [5.41, 5.74) is 0.251. The maximum Gasteiger partial charge on any atom is 0.335 e. The highest BCUT2D eigenvalue weighted by molar-refractivity contribution is 7.88. The van der Waals surface area contributed by atoms with Crippen LogP contribution in [0, 0.1) is 0 Å². The molecule has 0 aromatic heterocycles. The Balaban J connectivity index is 1.95. The van der Waals surface area contributed by atoms with E-state index in [1.165, 1.54) is 24.3 Å². The first kappa shape index (κ1) is 15.9. The van der Waals surface area contributed by atoms with Gasteiger partial charge in [-0.05, 0) is 37.5 Å². The Morgan fingerprint density at radius 1 is 1.38 bits per heavy atom. The number of hydrogen-bond acceptors (Lipinski definition) is 4. The summed E-state index contributed by atoms with van der Waals surface area (Å²) in [7, 11) is -3.47. The average Bonchev–Trinajstić information content (AvgIpc) is 2.85. The van der Waals surface area contributed by atoms with Gasteiger partial charge in [0.05, 0.1) is 16.9 Å². The number of rotatable bonds is 6. The summed E-state index contributed by atoms with van der Waals surface area (Å²) in [5.74, 6) is -1.21. The molecule has 116 valence electrons. The summed E-state index contributed by atoms with van der Waals surface area (Å²) in [6.07, 6.45) is 1.78. The van der Waals surface area contributed by atoms with Crippen molar-refractivity contribution in [2.24, 2.45) is 0 Å². The molecule has 1 saturated heterocycles. The third kappa shape index (κ3) is 4.52. The third-order valence-corrected chi connectivity index (χ3v) is 4.82. The Bertz CT molecular complexity index is 603. The van der Waals surface area contributed by atoms with Crippen LogP contribution >= 0.6 is 0 Å². The van der Waals surface area contributed by atoms with Crippen molar-refractivity contribution in [3.63, 3.8) is 0 Å². The van der Waals surface area contributed by atoms with E-state index in [1.807, 2.05) is 6.92 Å². The smallest absolute Gasteiger partial charge is 0.335 e. The van der Waals surface area contributed by atoms with Crippen LogP contribution in [0.2, 0.25) is 0 Å². The van der Waals surface area contributed by atoms with Crippen LogP contribution in [0.15, 0.2) is 24.3 Å². The van der Waals surface area contributed by atoms with Crippen LogP contribution in [0.4, 0.5) is 0 Å². The normalized spacial score (nSPS) is 22.3. The van der Waals surface area contributed by atoms with Gasteiger partial charge in [0, 0.05) is 13.2 Å². The largest absolute Gasteiger partial charge is 0.478 e. The van der Waals surface area contributed by atoms with E-state index in [9.17, 15) is 13.2 Å². The second kappa shape index (κ2) is 6.13. The molecular formula is C14H19NO5S. The van der Waals surface area contributed by atoms with Gasteiger partial charge in [0.2, 0.25) is 10.0 Å². The zero-order valence-corrected chi connectivity index (χ0v) is 12.6. The van der Waals surface area contributed by atoms with Crippen molar-refractivity contribution in [1.29, 1.82) is 0 Å². The van der Waals surface area contributed by atoms with Crippen LogP contribution in [-0.2, 0) is 20.5 Å². The van der Waals surface area contributed by atoms with E-state index in [4.69, 9.17) is 9.84 Å². The molecule has 1 aromatic rings. The quantitative estimate of drug-likeness (QED) is 0.827. The van der Waals surface area contributed by atoms with Crippen LogP contribution < -0.4 is 4.72 Å². The van der Waals surface area contributed by atoms with E-state index in [-0.39, 0.29) is 17.9 Å². The molecule has 7 heteroatoms. The van der Waals surface area contributed by atoms with Gasteiger partial charge in [0.25, 0.3) is 0 Å². The van der Waals surface area contributed by atoms with Crippen LogP contribution in [-0.4, -0.2) is 38.2 Å². The van der Waals surface area contributed by atoms with Crippen molar-refractivity contribution in [3.8, 4) is 0 Å². The Kier molecular flexibility index (Phi) is 4.65. The topological polar surface area (TPSA) is 92.7 Å². The van der Waals surface area contributed by atoms with Crippen LogP contribution in [0.1, 0.15) is 35.7 Å². The van der Waals surface area contributed by atoms with E-state index in [2.05, 4.69) is 4.72 Å². The highest BCUT2D eigenvalue weighted by Gasteiger charge is 2.31. The summed E-state index contributed by atoms with van der Waals surface area (Å²) in [6, 6.07) is 5.82. The number of carboxylic acid groups (broad SMARTS) is 1. The fraction of sp³-hybridized carbons (Fsp3) is 0.500. The predicted octanol–water partition coefficient (Wildman–Crippen LogP) is 1.37. The molecule has 21 heavy (non-hydrogen) atoms. The lowest BCUT2D eigenvalue weighted by molar-refractivity contribution is 0.0250. The maximum absolute atomic E-state index is 12.0. The fourth-order valence-electron chi connectivity index (χ4n) is 2.25. The molecule has 1 aliphatic rings. The lowest BCUT2D eigenvalue weighted by Crippen LogP contribution is -2.40. The Morgan fingerprint density at radius 2 is 2.05 bits per heavy atom. The summed E-state index contributed by atoms with van der Waals surface area (Å²) in [5, 5.41) is 8.80. The molecule has 2 N–H and O–H groups in total. The molecule has 0 amide bonds. The zero-order chi connectivity index (χ0) is 15.5. The number of carbonyl (C=O) groups is 1. The van der Waals surface area contributed by atoms with Crippen LogP contribution in [0.3, 0.4) is 0 Å². The lowest BCUT2D eigenvalue weighted by atomic mass is 10.0. The number of hydrogen-bond donors (Lipinski definition) is 2. The monoisotopic (exact) mass is 313 g/mol. The Morgan fingerprint density at radius 3 is 2.57 bits per heavy atom. The molecule has 1 fully saturated rings. The maximum atomic E-state index is 12.0. The van der Waals surface area contributed by atoms with Gasteiger partial charge in [-0.3, -0.25) is 0 Å². The minimum atomic E-state index is -3.47. The number of ether oxygens (including phenoxy) is 1. The second-order valence-electron chi connectivity index (χ2n) is 5.48. The highest BCUT2D eigenvalue weighted by atomic mass is 32.2. The van der Waals surface area contributed by atoms with Gasteiger partial charge >= 0.3 is 5.97 Å². The number of benzene rings is 1. The summed E-state index contributed by atoms with van der Waals surface area (Å²) in [4.78, 5) is 10.7. The molecule has 0 saturated carbocycles. The summed E-state index contributed by atoms with van der Waals surface area (Å²) in [6.45, 7) is 2.81. The molecule has 1 aromatic carbocycles. The predicted molar refractivity (Wildman–Crippen MR) is 77.6 cm³/mol. The van der Waals surface area contributed by atoms with Crippen molar-refractivity contribution < 1.29 is 23.1 Å². The van der Waals surface area contributed by atoms with Crippen molar-refractivity contribution in [3.05, 3.63) is 35.4 Å². The van der Waals surface area contributed by atoms with Gasteiger partial charge in [-0.15, -0.1) is 0 Å². The first-order valence-electron chi connectivity index (χ1n) is 6.73. The van der Waals surface area contributed by atoms with Gasteiger partial charge in [-0.1, -0.05) is 12.1 Å².